The fourth-order valence-corrected chi connectivity index (χ4v) is 2.29. The van der Waals surface area contributed by atoms with E-state index in [9.17, 15) is 0 Å². The van der Waals surface area contributed by atoms with Crippen molar-refractivity contribution in [2.24, 2.45) is 0 Å². The van der Waals surface area contributed by atoms with Crippen molar-refractivity contribution in [2.75, 3.05) is 16.8 Å². The number of nitrogens with two attached hydrogens (primary N) is 1. The molecule has 6 heteroatoms. The summed E-state index contributed by atoms with van der Waals surface area (Å²) in [7, 11) is 0. The van der Waals surface area contributed by atoms with Gasteiger partial charge in [0.1, 0.15) is 11.6 Å². The number of hydrogen-bond donors (Lipinski definition) is 2. The monoisotopic (exact) mass is 294 g/mol. The van der Waals surface area contributed by atoms with Crippen molar-refractivity contribution in [2.45, 2.75) is 19.0 Å². The van der Waals surface area contributed by atoms with Gasteiger partial charge in [0.05, 0.1) is 0 Å². The van der Waals surface area contributed by atoms with Gasteiger partial charge in [-0.1, -0.05) is 36.4 Å². The van der Waals surface area contributed by atoms with Crippen LogP contribution in [0.15, 0.2) is 29.4 Å². The predicted molar refractivity (Wildman–Crippen MR) is 82.3 cm³/mol. The second-order valence-corrected chi connectivity index (χ2v) is 5.62. The van der Waals surface area contributed by atoms with Crippen LogP contribution in [0.25, 0.3) is 0 Å². The minimum absolute atomic E-state index is 0.451. The Morgan fingerprint density at radius 3 is 2.79 bits per heavy atom. The second kappa shape index (κ2) is 6.12. The van der Waals surface area contributed by atoms with Crippen LogP contribution in [0.1, 0.15) is 12.5 Å². The minimum Gasteiger partial charge on any atom is -0.383 e. The van der Waals surface area contributed by atoms with Crippen molar-refractivity contribution < 1.29 is 0 Å². The van der Waals surface area contributed by atoms with Gasteiger partial charge in [-0.05, 0) is 30.4 Å². The number of thioether (sulfide) groups is 1. The molecule has 1 aromatic heterocycles. The number of rotatable bonds is 4. The molecule has 0 saturated heterocycles. The molecular formula is C13H15ClN4S. The Kier molecular flexibility index (Phi) is 4.50. The lowest BCUT2D eigenvalue weighted by Crippen LogP contribution is -2.00. The first kappa shape index (κ1) is 14.0. The Morgan fingerprint density at radius 1 is 1.32 bits per heavy atom. The molecule has 0 unspecified atom stereocenters. The average molecular weight is 295 g/mol. The van der Waals surface area contributed by atoms with E-state index in [2.05, 4.69) is 15.3 Å². The lowest BCUT2D eigenvalue weighted by molar-refractivity contribution is 0.981. The molecule has 2 aromatic rings. The molecule has 0 atom stereocenters. The van der Waals surface area contributed by atoms with Crippen molar-refractivity contribution in [3.8, 4) is 0 Å². The highest BCUT2D eigenvalue weighted by molar-refractivity contribution is 7.99. The Hall–Kier alpha value is -1.46. The van der Waals surface area contributed by atoms with Crippen molar-refractivity contribution in [3.05, 3.63) is 34.9 Å². The first-order chi connectivity index (χ1) is 9.08. The molecule has 0 aliphatic carbocycles. The van der Waals surface area contributed by atoms with E-state index in [0.29, 0.717) is 16.8 Å². The minimum atomic E-state index is 0.451. The lowest BCUT2D eigenvalue weighted by atomic mass is 10.2. The van der Waals surface area contributed by atoms with Crippen molar-refractivity contribution in [1.82, 2.24) is 9.97 Å². The molecule has 0 spiro atoms. The number of hydrogen-bond acceptors (Lipinski definition) is 5. The zero-order valence-corrected chi connectivity index (χ0v) is 12.3. The first-order valence-corrected chi connectivity index (χ1v) is 7.25. The molecule has 0 saturated carbocycles. The SMILES string of the molecule is CCSc1nc(N)cc(Nc2ccc(C)c(Cl)c2)n1. The molecule has 19 heavy (non-hydrogen) atoms. The van der Waals surface area contributed by atoms with Gasteiger partial charge in [0.2, 0.25) is 0 Å². The third-order valence-corrected chi connectivity index (χ3v) is 3.58. The number of aryl methyl sites for hydroxylation is 1. The molecule has 0 radical (unpaired) electrons. The van der Waals surface area contributed by atoms with Gasteiger partial charge >= 0.3 is 0 Å². The topological polar surface area (TPSA) is 63.8 Å². The highest BCUT2D eigenvalue weighted by Gasteiger charge is 2.04. The van der Waals surface area contributed by atoms with E-state index in [1.54, 1.807) is 17.8 Å². The third kappa shape index (κ3) is 3.75. The Labute approximate surface area is 121 Å². The van der Waals surface area contributed by atoms with E-state index in [1.807, 2.05) is 32.0 Å². The summed E-state index contributed by atoms with van der Waals surface area (Å²) in [6, 6.07) is 7.47. The van der Waals surface area contributed by atoms with Gasteiger partial charge in [0, 0.05) is 16.8 Å². The van der Waals surface area contributed by atoms with Crippen LogP contribution in [0, 0.1) is 6.92 Å². The van der Waals surface area contributed by atoms with Crippen LogP contribution < -0.4 is 11.1 Å². The summed E-state index contributed by atoms with van der Waals surface area (Å²) in [5.74, 6) is 2.02. The number of nitrogens with one attached hydrogen (secondary N) is 1. The van der Waals surface area contributed by atoms with E-state index in [1.165, 1.54) is 0 Å². The summed E-state index contributed by atoms with van der Waals surface area (Å²) in [4.78, 5) is 8.55. The van der Waals surface area contributed by atoms with Crippen LogP contribution in [0.5, 0.6) is 0 Å². The molecule has 0 fully saturated rings. The molecule has 1 heterocycles. The van der Waals surface area contributed by atoms with E-state index in [-0.39, 0.29) is 0 Å². The average Bonchev–Trinajstić information content (AvgIpc) is 2.33. The van der Waals surface area contributed by atoms with E-state index >= 15 is 0 Å². The number of nitrogens with zero attached hydrogens (tertiary/aromatic N) is 2. The van der Waals surface area contributed by atoms with Crippen LogP contribution in [0.3, 0.4) is 0 Å². The quantitative estimate of drug-likeness (QED) is 0.662. The maximum absolute atomic E-state index is 6.09. The maximum atomic E-state index is 6.09. The molecular weight excluding hydrogens is 280 g/mol. The second-order valence-electron chi connectivity index (χ2n) is 3.98. The summed E-state index contributed by atoms with van der Waals surface area (Å²) < 4.78 is 0. The van der Waals surface area contributed by atoms with E-state index < -0.39 is 0 Å². The summed E-state index contributed by atoms with van der Waals surface area (Å²) in [5.41, 5.74) is 7.68. The molecule has 100 valence electrons. The van der Waals surface area contributed by atoms with Gasteiger partial charge in [-0.3, -0.25) is 0 Å². The normalized spacial score (nSPS) is 10.5. The standard InChI is InChI=1S/C13H15ClN4S/c1-3-19-13-17-11(15)7-12(18-13)16-9-5-4-8(2)10(14)6-9/h4-7H,3H2,1-2H3,(H3,15,16,17,18). The highest BCUT2D eigenvalue weighted by Crippen LogP contribution is 2.24. The van der Waals surface area contributed by atoms with Crippen LogP contribution in [0.4, 0.5) is 17.3 Å². The molecule has 0 amide bonds. The molecule has 0 bridgehead atoms. The summed E-state index contributed by atoms with van der Waals surface area (Å²) >= 11 is 7.64. The van der Waals surface area contributed by atoms with E-state index in [0.717, 1.165) is 22.0 Å². The van der Waals surface area contributed by atoms with Gasteiger partial charge in [0.25, 0.3) is 0 Å². The largest absolute Gasteiger partial charge is 0.383 e. The van der Waals surface area contributed by atoms with Crippen LogP contribution >= 0.6 is 23.4 Å². The van der Waals surface area contributed by atoms with Crippen LogP contribution in [-0.2, 0) is 0 Å². The summed E-state index contributed by atoms with van der Waals surface area (Å²) in [5, 5.41) is 4.57. The maximum Gasteiger partial charge on any atom is 0.191 e. The molecule has 4 nitrogen and oxygen atoms in total. The molecule has 3 N–H and O–H groups in total. The summed E-state index contributed by atoms with van der Waals surface area (Å²) in [6.07, 6.45) is 0. The highest BCUT2D eigenvalue weighted by atomic mass is 35.5. The number of aromatic nitrogens is 2. The molecule has 0 aliphatic heterocycles. The molecule has 1 aromatic carbocycles. The van der Waals surface area contributed by atoms with Gasteiger partial charge in [-0.25, -0.2) is 9.97 Å². The Balaban J connectivity index is 2.24. The molecule has 2 rings (SSSR count). The lowest BCUT2D eigenvalue weighted by Gasteiger charge is -2.09. The molecule has 0 aliphatic rings. The van der Waals surface area contributed by atoms with Crippen LogP contribution in [0.2, 0.25) is 5.02 Å². The fourth-order valence-electron chi connectivity index (χ4n) is 1.52. The van der Waals surface area contributed by atoms with Crippen LogP contribution in [-0.4, -0.2) is 15.7 Å². The van der Waals surface area contributed by atoms with Gasteiger partial charge < -0.3 is 11.1 Å². The predicted octanol–water partition coefficient (Wildman–Crippen LogP) is 3.88. The Morgan fingerprint density at radius 2 is 2.11 bits per heavy atom. The summed E-state index contributed by atoms with van der Waals surface area (Å²) in [6.45, 7) is 4.01. The Bertz CT molecular complexity index is 589. The number of anilines is 3. The van der Waals surface area contributed by atoms with Crippen molar-refractivity contribution in [1.29, 1.82) is 0 Å². The fraction of sp³-hybridized carbons (Fsp3) is 0.231. The third-order valence-electron chi connectivity index (χ3n) is 2.44. The zero-order chi connectivity index (χ0) is 13.8. The van der Waals surface area contributed by atoms with Gasteiger partial charge in [0.15, 0.2) is 5.16 Å². The van der Waals surface area contributed by atoms with E-state index in [4.69, 9.17) is 17.3 Å². The van der Waals surface area contributed by atoms with Gasteiger partial charge in [-0.15, -0.1) is 0 Å². The first-order valence-electron chi connectivity index (χ1n) is 5.89. The number of nitrogen functional groups attached to an aromatic ring is 1. The van der Waals surface area contributed by atoms with Crippen molar-refractivity contribution in [3.63, 3.8) is 0 Å². The number of halogens is 1. The number of benzene rings is 1. The zero-order valence-electron chi connectivity index (χ0n) is 10.8. The smallest absolute Gasteiger partial charge is 0.191 e. The van der Waals surface area contributed by atoms with Crippen molar-refractivity contribution >= 4 is 40.7 Å². The van der Waals surface area contributed by atoms with Gasteiger partial charge in [-0.2, -0.15) is 0 Å².